The second-order valence-electron chi connectivity index (χ2n) is 6.60. The van der Waals surface area contributed by atoms with Crippen LogP contribution in [0.4, 0.5) is 0 Å². The van der Waals surface area contributed by atoms with Gasteiger partial charge >= 0.3 is 0 Å². The highest BCUT2D eigenvalue weighted by Crippen LogP contribution is 2.44. The molecule has 4 heteroatoms. The van der Waals surface area contributed by atoms with Crippen molar-refractivity contribution >= 4 is 0 Å². The first-order chi connectivity index (χ1) is 11.9. The summed E-state index contributed by atoms with van der Waals surface area (Å²) in [6, 6.07) is 16.9. The number of epoxide rings is 2. The standard InChI is InChI=1S/C20H20O4/c1-2-6-16-15(5-1)19(23-11-13-9-21-13)17-7-3-4-8-18(17)20(16)24-12-14-10-22-14/h1-8,13-14,19-20H,9-12H2. The normalized spacial score (nSPS) is 29.7. The van der Waals surface area contributed by atoms with Gasteiger partial charge in [-0.1, -0.05) is 48.5 Å². The molecule has 2 aromatic rings. The summed E-state index contributed by atoms with van der Waals surface area (Å²) in [6.45, 7) is 2.88. The van der Waals surface area contributed by atoms with Gasteiger partial charge in [0.15, 0.2) is 0 Å². The number of ether oxygens (including phenoxy) is 4. The average molecular weight is 324 g/mol. The van der Waals surface area contributed by atoms with E-state index >= 15 is 0 Å². The van der Waals surface area contributed by atoms with E-state index in [-0.39, 0.29) is 24.4 Å². The maximum absolute atomic E-state index is 6.24. The van der Waals surface area contributed by atoms with Crippen LogP contribution in [0.1, 0.15) is 34.5 Å². The third kappa shape index (κ3) is 2.76. The van der Waals surface area contributed by atoms with Crippen LogP contribution in [-0.2, 0) is 18.9 Å². The Hall–Kier alpha value is -1.72. The highest BCUT2D eigenvalue weighted by molar-refractivity contribution is 5.50. The van der Waals surface area contributed by atoms with Gasteiger partial charge in [-0.3, -0.25) is 0 Å². The minimum Gasteiger partial charge on any atom is -0.371 e. The van der Waals surface area contributed by atoms with Crippen molar-refractivity contribution in [2.75, 3.05) is 26.4 Å². The van der Waals surface area contributed by atoms with Gasteiger partial charge in [0.2, 0.25) is 0 Å². The van der Waals surface area contributed by atoms with Crippen LogP contribution in [0.2, 0.25) is 0 Å². The van der Waals surface area contributed by atoms with Crippen LogP contribution in [-0.4, -0.2) is 38.6 Å². The van der Waals surface area contributed by atoms with Gasteiger partial charge in [0.25, 0.3) is 0 Å². The van der Waals surface area contributed by atoms with Crippen molar-refractivity contribution in [1.29, 1.82) is 0 Å². The SMILES string of the molecule is c1ccc2c(c1)C(OCC1CO1)c1ccccc1C2OCC1CO1. The Balaban J connectivity index is 1.52. The summed E-state index contributed by atoms with van der Waals surface area (Å²) in [5.74, 6) is 0. The molecular weight excluding hydrogens is 304 g/mol. The van der Waals surface area contributed by atoms with E-state index in [0.717, 1.165) is 13.2 Å². The Morgan fingerprint density at radius 3 is 1.29 bits per heavy atom. The molecule has 2 atom stereocenters. The van der Waals surface area contributed by atoms with Crippen molar-refractivity contribution in [1.82, 2.24) is 0 Å². The zero-order chi connectivity index (χ0) is 15.9. The number of hydrogen-bond acceptors (Lipinski definition) is 4. The molecule has 5 rings (SSSR count). The lowest BCUT2D eigenvalue weighted by atomic mass is 9.82. The van der Waals surface area contributed by atoms with Crippen molar-refractivity contribution in [3.8, 4) is 0 Å². The van der Waals surface area contributed by atoms with Crippen molar-refractivity contribution in [3.63, 3.8) is 0 Å². The maximum Gasteiger partial charge on any atom is 0.108 e. The van der Waals surface area contributed by atoms with Gasteiger partial charge in [-0.15, -0.1) is 0 Å². The predicted octanol–water partition coefficient (Wildman–Crippen LogP) is 3.01. The molecule has 0 saturated carbocycles. The molecule has 2 fully saturated rings. The Bertz CT molecular complexity index is 626. The maximum atomic E-state index is 6.24. The lowest BCUT2D eigenvalue weighted by Crippen LogP contribution is -2.23. The Labute approximate surface area is 141 Å². The summed E-state index contributed by atoms with van der Waals surface area (Å²) < 4.78 is 23.1. The summed E-state index contributed by atoms with van der Waals surface area (Å²) >= 11 is 0. The monoisotopic (exact) mass is 324 g/mol. The van der Waals surface area contributed by atoms with Crippen molar-refractivity contribution in [3.05, 3.63) is 70.8 Å². The molecule has 2 aromatic carbocycles. The van der Waals surface area contributed by atoms with Gasteiger partial charge in [-0.05, 0) is 22.3 Å². The number of hydrogen-bond donors (Lipinski definition) is 0. The first kappa shape index (κ1) is 14.6. The molecule has 2 aliphatic heterocycles. The third-order valence-corrected chi connectivity index (χ3v) is 4.82. The van der Waals surface area contributed by atoms with Crippen LogP contribution in [0.5, 0.6) is 0 Å². The minimum atomic E-state index is -0.0568. The van der Waals surface area contributed by atoms with E-state index in [1.54, 1.807) is 0 Å². The highest BCUT2D eigenvalue weighted by Gasteiger charge is 2.35. The number of fused-ring (bicyclic) bond motifs is 2. The van der Waals surface area contributed by atoms with E-state index in [2.05, 4.69) is 48.5 Å². The van der Waals surface area contributed by atoms with Crippen LogP contribution in [0.25, 0.3) is 0 Å². The second kappa shape index (κ2) is 5.97. The van der Waals surface area contributed by atoms with Gasteiger partial charge < -0.3 is 18.9 Å². The predicted molar refractivity (Wildman–Crippen MR) is 88.0 cm³/mol. The van der Waals surface area contributed by atoms with E-state index < -0.39 is 0 Å². The summed E-state index contributed by atoms with van der Waals surface area (Å²) in [4.78, 5) is 0. The molecule has 0 N–H and O–H groups in total. The van der Waals surface area contributed by atoms with Gasteiger partial charge in [0.1, 0.15) is 24.4 Å². The fourth-order valence-electron chi connectivity index (χ4n) is 3.41. The first-order valence-corrected chi connectivity index (χ1v) is 8.54. The molecule has 0 bridgehead atoms. The summed E-state index contributed by atoms with van der Waals surface area (Å²) in [7, 11) is 0. The molecule has 2 unspecified atom stereocenters. The summed E-state index contributed by atoms with van der Waals surface area (Å²) in [5, 5.41) is 0. The average Bonchev–Trinajstić information content (AvgIpc) is 3.53. The Morgan fingerprint density at radius 2 is 1.00 bits per heavy atom. The molecule has 2 saturated heterocycles. The molecule has 24 heavy (non-hydrogen) atoms. The van der Waals surface area contributed by atoms with E-state index in [9.17, 15) is 0 Å². The lowest BCUT2D eigenvalue weighted by molar-refractivity contribution is 0.0383. The van der Waals surface area contributed by atoms with Gasteiger partial charge in [-0.25, -0.2) is 0 Å². The zero-order valence-corrected chi connectivity index (χ0v) is 13.4. The van der Waals surface area contributed by atoms with Crippen molar-refractivity contribution in [2.24, 2.45) is 0 Å². The molecule has 124 valence electrons. The van der Waals surface area contributed by atoms with Crippen LogP contribution in [0, 0.1) is 0 Å². The fraction of sp³-hybridized carbons (Fsp3) is 0.400. The van der Waals surface area contributed by atoms with Crippen LogP contribution in [0.3, 0.4) is 0 Å². The van der Waals surface area contributed by atoms with Gasteiger partial charge in [0.05, 0.1) is 26.4 Å². The molecule has 1 aliphatic carbocycles. The third-order valence-electron chi connectivity index (χ3n) is 4.82. The largest absolute Gasteiger partial charge is 0.371 e. The molecule has 2 heterocycles. The topological polar surface area (TPSA) is 43.5 Å². The lowest BCUT2D eigenvalue weighted by Gasteiger charge is -2.33. The van der Waals surface area contributed by atoms with Gasteiger partial charge in [0, 0.05) is 0 Å². The Morgan fingerprint density at radius 1 is 0.667 bits per heavy atom. The van der Waals surface area contributed by atoms with E-state index in [1.165, 1.54) is 22.3 Å². The molecule has 0 spiro atoms. The van der Waals surface area contributed by atoms with E-state index in [0.29, 0.717) is 13.2 Å². The summed E-state index contributed by atoms with van der Waals surface area (Å²) in [5.41, 5.74) is 4.77. The summed E-state index contributed by atoms with van der Waals surface area (Å²) in [6.07, 6.45) is 0.396. The minimum absolute atomic E-state index is 0.0568. The molecular formula is C20H20O4. The molecule has 0 radical (unpaired) electrons. The fourth-order valence-corrected chi connectivity index (χ4v) is 3.41. The quantitative estimate of drug-likeness (QED) is 0.766. The van der Waals surface area contributed by atoms with Crippen LogP contribution >= 0.6 is 0 Å². The molecule has 3 aliphatic rings. The second-order valence-corrected chi connectivity index (χ2v) is 6.60. The molecule has 0 aromatic heterocycles. The molecule has 4 nitrogen and oxygen atoms in total. The van der Waals surface area contributed by atoms with E-state index in [4.69, 9.17) is 18.9 Å². The van der Waals surface area contributed by atoms with Crippen LogP contribution in [0.15, 0.2) is 48.5 Å². The molecule has 0 amide bonds. The van der Waals surface area contributed by atoms with E-state index in [1.807, 2.05) is 0 Å². The number of benzene rings is 2. The van der Waals surface area contributed by atoms with Crippen LogP contribution < -0.4 is 0 Å². The smallest absolute Gasteiger partial charge is 0.108 e. The first-order valence-electron chi connectivity index (χ1n) is 8.54. The Kier molecular flexibility index (Phi) is 3.64. The number of rotatable bonds is 6. The van der Waals surface area contributed by atoms with Crippen molar-refractivity contribution in [2.45, 2.75) is 24.4 Å². The van der Waals surface area contributed by atoms with Gasteiger partial charge in [-0.2, -0.15) is 0 Å². The van der Waals surface area contributed by atoms with Crippen molar-refractivity contribution < 1.29 is 18.9 Å². The highest BCUT2D eigenvalue weighted by atomic mass is 16.6. The zero-order valence-electron chi connectivity index (χ0n) is 13.4.